The lowest BCUT2D eigenvalue weighted by molar-refractivity contribution is 0.268. The fourth-order valence-corrected chi connectivity index (χ4v) is 3.22. The van der Waals surface area contributed by atoms with Gasteiger partial charge in [-0.15, -0.1) is 0 Å². The maximum atomic E-state index is 9.11. The van der Waals surface area contributed by atoms with E-state index in [1.807, 2.05) is 30.8 Å². The summed E-state index contributed by atoms with van der Waals surface area (Å²) in [6.07, 6.45) is 1.95. The Morgan fingerprint density at radius 3 is 2.56 bits per heavy atom. The van der Waals surface area contributed by atoms with E-state index in [2.05, 4.69) is 38.3 Å². The summed E-state index contributed by atoms with van der Waals surface area (Å²) in [4.78, 5) is 9.28. The summed E-state index contributed by atoms with van der Waals surface area (Å²) in [5.74, 6) is 0.867. The molecule has 0 amide bonds. The fraction of sp³-hybridized carbons (Fsp3) is 0.556. The van der Waals surface area contributed by atoms with E-state index in [9.17, 15) is 0 Å². The third-order valence-electron chi connectivity index (χ3n) is 4.91. The van der Waals surface area contributed by atoms with Gasteiger partial charge in [-0.3, -0.25) is 4.68 Å². The minimum absolute atomic E-state index is 0.101. The van der Waals surface area contributed by atoms with Crippen LogP contribution in [0.2, 0.25) is 0 Å². The van der Waals surface area contributed by atoms with E-state index in [0.29, 0.717) is 13.1 Å². The molecule has 25 heavy (non-hydrogen) atoms. The Bertz CT molecular complexity index is 688. The van der Waals surface area contributed by atoms with E-state index in [4.69, 9.17) is 5.11 Å². The molecule has 0 aliphatic carbocycles. The van der Waals surface area contributed by atoms with Crippen molar-refractivity contribution in [2.45, 2.75) is 26.9 Å². The van der Waals surface area contributed by atoms with Crippen LogP contribution in [0, 0.1) is 13.8 Å². The number of anilines is 2. The minimum atomic E-state index is 0.101. The molecule has 0 spiro atoms. The van der Waals surface area contributed by atoms with Gasteiger partial charge in [0.2, 0.25) is 0 Å². The van der Waals surface area contributed by atoms with Crippen molar-refractivity contribution in [3.63, 3.8) is 0 Å². The zero-order chi connectivity index (χ0) is 17.8. The van der Waals surface area contributed by atoms with E-state index in [1.54, 1.807) is 0 Å². The first-order valence-electron chi connectivity index (χ1n) is 8.85. The molecule has 2 aromatic heterocycles. The van der Waals surface area contributed by atoms with Crippen LogP contribution in [0.25, 0.3) is 0 Å². The second kappa shape index (κ2) is 7.84. The largest absolute Gasteiger partial charge is 0.394 e. The molecule has 3 heterocycles. The molecule has 0 atom stereocenters. The highest BCUT2D eigenvalue weighted by Crippen LogP contribution is 2.18. The van der Waals surface area contributed by atoms with Crippen LogP contribution in [0.3, 0.4) is 0 Å². The molecular formula is C18H28N6O. The smallest absolute Gasteiger partial charge is 0.126 e. The van der Waals surface area contributed by atoms with Gasteiger partial charge >= 0.3 is 0 Å². The van der Waals surface area contributed by atoms with Crippen molar-refractivity contribution in [3.05, 3.63) is 35.3 Å². The van der Waals surface area contributed by atoms with Crippen molar-refractivity contribution >= 4 is 11.5 Å². The Morgan fingerprint density at radius 2 is 1.92 bits per heavy atom. The normalized spacial score (nSPS) is 15.6. The molecule has 0 aromatic carbocycles. The van der Waals surface area contributed by atoms with Crippen molar-refractivity contribution in [2.75, 3.05) is 50.1 Å². The Balaban J connectivity index is 1.61. The molecule has 0 bridgehead atoms. The van der Waals surface area contributed by atoms with Crippen LogP contribution in [-0.4, -0.2) is 64.6 Å². The van der Waals surface area contributed by atoms with Crippen LogP contribution in [0.15, 0.2) is 18.3 Å². The first-order valence-corrected chi connectivity index (χ1v) is 8.85. The minimum Gasteiger partial charge on any atom is -0.394 e. The number of aliphatic hydroxyl groups excluding tert-OH is 1. The Kier molecular flexibility index (Phi) is 5.55. The molecule has 7 heteroatoms. The first-order chi connectivity index (χ1) is 12.1. The number of piperazine rings is 1. The summed E-state index contributed by atoms with van der Waals surface area (Å²) in [5.41, 5.74) is 4.43. The summed E-state index contributed by atoms with van der Waals surface area (Å²) in [6, 6.07) is 4.17. The van der Waals surface area contributed by atoms with Crippen molar-refractivity contribution in [2.24, 2.45) is 0 Å². The van der Waals surface area contributed by atoms with Crippen LogP contribution in [0.5, 0.6) is 0 Å². The van der Waals surface area contributed by atoms with Gasteiger partial charge in [-0.1, -0.05) is 0 Å². The maximum absolute atomic E-state index is 9.11. The lowest BCUT2D eigenvalue weighted by Gasteiger charge is -2.33. The lowest BCUT2D eigenvalue weighted by atomic mass is 10.2. The van der Waals surface area contributed by atoms with Crippen LogP contribution in [0.4, 0.5) is 11.5 Å². The third-order valence-corrected chi connectivity index (χ3v) is 4.91. The Labute approximate surface area is 149 Å². The number of nitrogens with zero attached hydrogens (tertiary/aromatic N) is 5. The molecule has 0 saturated carbocycles. The van der Waals surface area contributed by atoms with Gasteiger partial charge in [-0.2, -0.15) is 5.10 Å². The van der Waals surface area contributed by atoms with Gasteiger partial charge in [0.05, 0.1) is 30.7 Å². The highest BCUT2D eigenvalue weighted by molar-refractivity contribution is 5.50. The number of aromatic nitrogens is 3. The fourth-order valence-electron chi connectivity index (χ4n) is 3.22. The van der Waals surface area contributed by atoms with Crippen molar-refractivity contribution in [3.8, 4) is 0 Å². The molecule has 2 aromatic rings. The van der Waals surface area contributed by atoms with Gasteiger partial charge < -0.3 is 20.2 Å². The second-order valence-corrected chi connectivity index (χ2v) is 6.64. The molecule has 0 radical (unpaired) electrons. The molecule has 2 N–H and O–H groups in total. The molecule has 7 nitrogen and oxygen atoms in total. The summed E-state index contributed by atoms with van der Waals surface area (Å²) in [7, 11) is 2.16. The summed E-state index contributed by atoms with van der Waals surface area (Å²) in [6.45, 7) is 9.64. The molecule has 3 rings (SSSR count). The lowest BCUT2D eigenvalue weighted by Crippen LogP contribution is -2.44. The standard InChI is InChI=1S/C18H28N6O/c1-14-17(15(2)24(21-14)10-11-25)13-20-18-5-4-16(12-19-18)23-8-6-22(3)7-9-23/h4-5,12,25H,6-11,13H2,1-3H3,(H,19,20). The third kappa shape index (κ3) is 4.11. The number of aryl methyl sites for hydroxylation is 1. The van der Waals surface area contributed by atoms with Crippen LogP contribution in [0.1, 0.15) is 17.0 Å². The molecular weight excluding hydrogens is 316 g/mol. The number of hydrogen-bond acceptors (Lipinski definition) is 6. The number of likely N-dealkylation sites (N-methyl/N-ethyl adjacent to an activating group) is 1. The number of aliphatic hydroxyl groups is 1. The predicted octanol–water partition coefficient (Wildman–Crippen LogP) is 1.25. The zero-order valence-corrected chi connectivity index (χ0v) is 15.4. The number of pyridine rings is 1. The first kappa shape index (κ1) is 17.7. The SMILES string of the molecule is Cc1nn(CCO)c(C)c1CNc1ccc(N2CCN(C)CC2)cn1. The summed E-state index contributed by atoms with van der Waals surface area (Å²) < 4.78 is 1.86. The van der Waals surface area contributed by atoms with E-state index in [0.717, 1.165) is 43.4 Å². The van der Waals surface area contributed by atoms with E-state index in [-0.39, 0.29) is 6.61 Å². The van der Waals surface area contributed by atoms with Crippen LogP contribution >= 0.6 is 0 Å². The molecule has 1 saturated heterocycles. The van der Waals surface area contributed by atoms with E-state index in [1.165, 1.54) is 11.3 Å². The van der Waals surface area contributed by atoms with Gasteiger partial charge in [0.25, 0.3) is 0 Å². The quantitative estimate of drug-likeness (QED) is 0.822. The maximum Gasteiger partial charge on any atom is 0.126 e. The van der Waals surface area contributed by atoms with Crippen molar-refractivity contribution in [1.82, 2.24) is 19.7 Å². The van der Waals surface area contributed by atoms with E-state index < -0.39 is 0 Å². The molecule has 1 aliphatic rings. The predicted molar refractivity (Wildman–Crippen MR) is 100 cm³/mol. The summed E-state index contributed by atoms with van der Waals surface area (Å²) in [5, 5.41) is 17.0. The number of hydrogen-bond donors (Lipinski definition) is 2. The topological polar surface area (TPSA) is 69.5 Å². The van der Waals surface area contributed by atoms with Gasteiger partial charge in [0, 0.05) is 44.0 Å². The van der Waals surface area contributed by atoms with Gasteiger partial charge in [-0.05, 0) is 33.0 Å². The Hall–Kier alpha value is -2.12. The van der Waals surface area contributed by atoms with Crippen molar-refractivity contribution < 1.29 is 5.11 Å². The molecule has 136 valence electrons. The second-order valence-electron chi connectivity index (χ2n) is 6.64. The molecule has 1 fully saturated rings. The van der Waals surface area contributed by atoms with Gasteiger partial charge in [0.1, 0.15) is 5.82 Å². The molecule has 1 aliphatic heterocycles. The van der Waals surface area contributed by atoms with Gasteiger partial charge in [0.15, 0.2) is 0 Å². The van der Waals surface area contributed by atoms with Crippen LogP contribution < -0.4 is 10.2 Å². The van der Waals surface area contributed by atoms with Crippen molar-refractivity contribution in [1.29, 1.82) is 0 Å². The monoisotopic (exact) mass is 344 g/mol. The number of nitrogens with one attached hydrogen (secondary N) is 1. The average Bonchev–Trinajstić information content (AvgIpc) is 2.88. The zero-order valence-electron chi connectivity index (χ0n) is 15.4. The Morgan fingerprint density at radius 1 is 1.16 bits per heavy atom. The van der Waals surface area contributed by atoms with E-state index >= 15 is 0 Å². The number of rotatable bonds is 6. The highest BCUT2D eigenvalue weighted by Gasteiger charge is 2.15. The van der Waals surface area contributed by atoms with Gasteiger partial charge in [-0.25, -0.2) is 4.98 Å². The van der Waals surface area contributed by atoms with Crippen LogP contribution in [-0.2, 0) is 13.1 Å². The average molecular weight is 344 g/mol. The summed E-state index contributed by atoms with van der Waals surface area (Å²) >= 11 is 0. The highest BCUT2D eigenvalue weighted by atomic mass is 16.3. The molecule has 0 unspecified atom stereocenters.